The molecular weight excluding hydrogens is 210 g/mol. The van der Waals surface area contributed by atoms with E-state index < -0.39 is 12.3 Å². The molecule has 2 amide bonds. The van der Waals surface area contributed by atoms with Gasteiger partial charge in [0.05, 0.1) is 12.8 Å². The molecule has 7 nitrogen and oxygen atoms in total. The van der Waals surface area contributed by atoms with Crippen LogP contribution in [0.5, 0.6) is 5.75 Å². The van der Waals surface area contributed by atoms with Gasteiger partial charge in [0.25, 0.3) is 6.29 Å². The first-order chi connectivity index (χ1) is 7.79. The molecule has 0 saturated heterocycles. The maximum atomic E-state index is 11.5. The first-order valence-electron chi connectivity index (χ1n) is 4.62. The van der Waals surface area contributed by atoms with Gasteiger partial charge in [0.1, 0.15) is 11.4 Å². The zero-order chi connectivity index (χ0) is 11.1. The Hall–Kier alpha value is -2.31. The van der Waals surface area contributed by atoms with Gasteiger partial charge in [-0.15, -0.1) is 15.3 Å². The average molecular weight is 217 g/mol. The van der Waals surface area contributed by atoms with E-state index in [-0.39, 0.29) is 0 Å². The summed E-state index contributed by atoms with van der Waals surface area (Å²) < 4.78 is 5.07. The van der Waals surface area contributed by atoms with Gasteiger partial charge >= 0.3 is 6.03 Å². The van der Waals surface area contributed by atoms with E-state index in [4.69, 9.17) is 4.74 Å². The lowest BCUT2D eigenvalue weighted by Crippen LogP contribution is -2.32. The lowest BCUT2D eigenvalue weighted by atomic mass is 10.2. The van der Waals surface area contributed by atoms with E-state index >= 15 is 0 Å². The molecular formula is C9H7N5O2. The first-order valence-corrected chi connectivity index (χ1v) is 4.62. The fourth-order valence-electron chi connectivity index (χ4n) is 1.63. The van der Waals surface area contributed by atoms with Crippen LogP contribution in [-0.4, -0.2) is 19.4 Å². The molecule has 2 heterocycles. The molecule has 1 aromatic carbocycles. The summed E-state index contributed by atoms with van der Waals surface area (Å²) in [6, 6.07) is 4.78. The molecule has 0 bridgehead atoms. The summed E-state index contributed by atoms with van der Waals surface area (Å²) in [4.78, 5) is 12.8. The standard InChI is InChI=1S/C9H7N5O2/c1-16-5-2-3-7-6(4-5)10-11-8-12-13-9(15)14(7)8/h2-4,8H,1H3. The summed E-state index contributed by atoms with van der Waals surface area (Å²) in [6.07, 6.45) is -0.645. The number of hydrogen-bond acceptors (Lipinski definition) is 5. The molecule has 16 heavy (non-hydrogen) atoms. The fourth-order valence-corrected chi connectivity index (χ4v) is 1.63. The Morgan fingerprint density at radius 1 is 1.31 bits per heavy atom. The van der Waals surface area contributed by atoms with Crippen LogP contribution in [0.3, 0.4) is 0 Å². The van der Waals surface area contributed by atoms with Gasteiger partial charge in [0.15, 0.2) is 0 Å². The summed E-state index contributed by atoms with van der Waals surface area (Å²) in [5.41, 5.74) is 1.23. The molecule has 1 atom stereocenters. The minimum Gasteiger partial charge on any atom is -0.497 e. The Labute approximate surface area is 90.4 Å². The number of nitrogens with zero attached hydrogens (tertiary/aromatic N) is 5. The topological polar surface area (TPSA) is 79.0 Å². The number of amides is 2. The molecule has 2 aliphatic rings. The minimum absolute atomic E-state index is 0.421. The molecule has 1 unspecified atom stereocenters. The van der Waals surface area contributed by atoms with Crippen molar-refractivity contribution in [3.8, 4) is 5.75 Å². The SMILES string of the molecule is COc1ccc2c(c1)N=NC1N=NC(=O)N21. The lowest BCUT2D eigenvalue weighted by molar-refractivity contribution is 0.255. The third-order valence-electron chi connectivity index (χ3n) is 2.39. The Balaban J connectivity index is 2.12. The van der Waals surface area contributed by atoms with Crippen LogP contribution in [0.4, 0.5) is 16.2 Å². The monoisotopic (exact) mass is 217 g/mol. The second-order valence-corrected chi connectivity index (χ2v) is 3.28. The van der Waals surface area contributed by atoms with Gasteiger partial charge in [0.2, 0.25) is 0 Å². The number of methoxy groups -OCH3 is 1. The second kappa shape index (κ2) is 3.09. The number of ether oxygens (including phenoxy) is 1. The van der Waals surface area contributed by atoms with E-state index in [2.05, 4.69) is 20.5 Å². The predicted molar refractivity (Wildman–Crippen MR) is 54.0 cm³/mol. The molecule has 0 aliphatic carbocycles. The largest absolute Gasteiger partial charge is 0.497 e. The number of fused-ring (bicyclic) bond motifs is 3. The average Bonchev–Trinajstić information content (AvgIpc) is 2.70. The quantitative estimate of drug-likeness (QED) is 0.724. The molecule has 0 saturated carbocycles. The summed E-state index contributed by atoms with van der Waals surface area (Å²) >= 11 is 0. The van der Waals surface area contributed by atoms with Crippen LogP contribution in [0.2, 0.25) is 0 Å². The number of hydrogen-bond donors (Lipinski definition) is 0. The number of anilines is 1. The normalized spacial score (nSPS) is 20.9. The van der Waals surface area contributed by atoms with Crippen molar-refractivity contribution in [3.63, 3.8) is 0 Å². The number of benzene rings is 1. The number of azo groups is 2. The Bertz CT molecular complexity index is 525. The van der Waals surface area contributed by atoms with E-state index in [9.17, 15) is 4.79 Å². The van der Waals surface area contributed by atoms with Gasteiger partial charge < -0.3 is 4.74 Å². The lowest BCUT2D eigenvalue weighted by Gasteiger charge is -2.22. The molecule has 0 aromatic heterocycles. The third kappa shape index (κ3) is 1.11. The van der Waals surface area contributed by atoms with Crippen molar-refractivity contribution in [2.45, 2.75) is 6.29 Å². The van der Waals surface area contributed by atoms with Crippen LogP contribution >= 0.6 is 0 Å². The van der Waals surface area contributed by atoms with Crippen molar-refractivity contribution >= 4 is 17.4 Å². The molecule has 0 fully saturated rings. The van der Waals surface area contributed by atoms with Crippen molar-refractivity contribution in [2.75, 3.05) is 12.0 Å². The van der Waals surface area contributed by atoms with E-state index in [1.54, 1.807) is 25.3 Å². The molecule has 1 aromatic rings. The first kappa shape index (κ1) is 8.96. The predicted octanol–water partition coefficient (Wildman–Crippen LogP) is 2.47. The number of carbonyl (C=O) groups excluding carboxylic acids is 1. The number of urea groups is 1. The summed E-state index contributed by atoms with van der Waals surface area (Å²) in [5.74, 6) is 0.664. The Morgan fingerprint density at radius 2 is 2.12 bits per heavy atom. The van der Waals surface area contributed by atoms with Gasteiger partial charge in [0, 0.05) is 6.07 Å². The van der Waals surface area contributed by atoms with E-state index in [0.29, 0.717) is 17.1 Å². The van der Waals surface area contributed by atoms with Gasteiger partial charge in [-0.3, -0.25) is 0 Å². The molecule has 7 heteroatoms. The molecule has 2 aliphatic heterocycles. The highest BCUT2D eigenvalue weighted by Gasteiger charge is 2.35. The zero-order valence-electron chi connectivity index (χ0n) is 8.36. The van der Waals surface area contributed by atoms with Gasteiger partial charge in [-0.1, -0.05) is 5.11 Å². The fraction of sp³-hybridized carbons (Fsp3) is 0.222. The van der Waals surface area contributed by atoms with Crippen LogP contribution in [0, 0.1) is 0 Å². The van der Waals surface area contributed by atoms with Crippen LogP contribution in [-0.2, 0) is 0 Å². The molecule has 0 N–H and O–H groups in total. The summed E-state index contributed by atoms with van der Waals surface area (Å²) in [7, 11) is 1.57. The van der Waals surface area contributed by atoms with Crippen molar-refractivity contribution in [3.05, 3.63) is 18.2 Å². The maximum absolute atomic E-state index is 11.5. The zero-order valence-corrected chi connectivity index (χ0v) is 8.36. The van der Waals surface area contributed by atoms with Crippen molar-refractivity contribution in [2.24, 2.45) is 20.5 Å². The van der Waals surface area contributed by atoms with Crippen molar-refractivity contribution in [1.82, 2.24) is 0 Å². The van der Waals surface area contributed by atoms with E-state index in [1.807, 2.05) is 0 Å². The summed E-state index contributed by atoms with van der Waals surface area (Å²) in [6.45, 7) is 0. The number of rotatable bonds is 1. The minimum atomic E-state index is -0.645. The molecule has 0 spiro atoms. The maximum Gasteiger partial charge on any atom is 0.369 e. The van der Waals surface area contributed by atoms with Crippen LogP contribution < -0.4 is 9.64 Å². The van der Waals surface area contributed by atoms with Crippen LogP contribution in [0.1, 0.15) is 0 Å². The van der Waals surface area contributed by atoms with Gasteiger partial charge in [-0.2, -0.15) is 0 Å². The summed E-state index contributed by atoms with van der Waals surface area (Å²) in [5, 5.41) is 15.0. The molecule has 80 valence electrons. The second-order valence-electron chi connectivity index (χ2n) is 3.28. The van der Waals surface area contributed by atoms with Crippen molar-refractivity contribution in [1.29, 1.82) is 0 Å². The highest BCUT2D eigenvalue weighted by atomic mass is 16.5. The van der Waals surface area contributed by atoms with Crippen LogP contribution in [0.25, 0.3) is 0 Å². The number of carbonyl (C=O) groups is 1. The Morgan fingerprint density at radius 3 is 2.94 bits per heavy atom. The molecule has 3 rings (SSSR count). The highest BCUT2D eigenvalue weighted by molar-refractivity contribution is 5.97. The van der Waals surface area contributed by atoms with Crippen LogP contribution in [0.15, 0.2) is 38.7 Å². The molecule has 0 radical (unpaired) electrons. The van der Waals surface area contributed by atoms with E-state index in [1.165, 1.54) is 4.90 Å². The van der Waals surface area contributed by atoms with E-state index in [0.717, 1.165) is 0 Å². The third-order valence-corrected chi connectivity index (χ3v) is 2.39. The van der Waals surface area contributed by atoms with Gasteiger partial charge in [-0.05, 0) is 12.1 Å². The Kier molecular flexibility index (Phi) is 1.73. The van der Waals surface area contributed by atoms with Crippen molar-refractivity contribution < 1.29 is 9.53 Å². The highest BCUT2D eigenvalue weighted by Crippen LogP contribution is 2.39. The van der Waals surface area contributed by atoms with Gasteiger partial charge in [-0.25, -0.2) is 9.69 Å². The smallest absolute Gasteiger partial charge is 0.369 e.